The summed E-state index contributed by atoms with van der Waals surface area (Å²) in [5.41, 5.74) is 2.27. The van der Waals surface area contributed by atoms with Crippen LogP contribution in [-0.4, -0.2) is 36.4 Å². The van der Waals surface area contributed by atoms with Crippen LogP contribution in [0.15, 0.2) is 71.9 Å². The van der Waals surface area contributed by atoms with Crippen molar-refractivity contribution >= 4 is 17.6 Å². The van der Waals surface area contributed by atoms with Gasteiger partial charge in [-0.05, 0) is 23.3 Å². The van der Waals surface area contributed by atoms with Crippen LogP contribution in [0.2, 0.25) is 5.02 Å². The average Bonchev–Trinajstić information content (AvgIpc) is 2.58. The Kier molecular flexibility index (Phi) is 4.68. The normalized spacial score (nSPS) is 15.3. The smallest absolute Gasteiger partial charge is 0.201 e. The van der Waals surface area contributed by atoms with Crippen molar-refractivity contribution < 1.29 is 0 Å². The van der Waals surface area contributed by atoms with Gasteiger partial charge in [0.05, 0.1) is 6.04 Å². The summed E-state index contributed by atoms with van der Waals surface area (Å²) in [4.78, 5) is 8.87. The maximum Gasteiger partial charge on any atom is 0.201 e. The van der Waals surface area contributed by atoms with E-state index in [0.29, 0.717) is 0 Å². The van der Waals surface area contributed by atoms with Crippen LogP contribution in [0.3, 0.4) is 0 Å². The zero-order chi connectivity index (χ0) is 16.2. The first kappa shape index (κ1) is 15.6. The minimum absolute atomic E-state index is 0.0117. The number of guanidine groups is 1. The highest BCUT2D eigenvalue weighted by Crippen LogP contribution is 2.33. The molecule has 3 rings (SSSR count). The molecular formula is C19H20ClN3. The van der Waals surface area contributed by atoms with Crippen LogP contribution in [0, 0.1) is 0 Å². The molecule has 118 valence electrons. The molecule has 1 aliphatic heterocycles. The summed E-state index contributed by atoms with van der Waals surface area (Å²) in [6, 6.07) is 18.4. The van der Waals surface area contributed by atoms with Crippen LogP contribution < -0.4 is 0 Å². The van der Waals surface area contributed by atoms with Gasteiger partial charge >= 0.3 is 0 Å². The molecule has 0 aromatic heterocycles. The van der Waals surface area contributed by atoms with Gasteiger partial charge in [0.2, 0.25) is 5.96 Å². The van der Waals surface area contributed by atoms with E-state index in [0.717, 1.165) is 23.1 Å². The minimum Gasteiger partial charge on any atom is -0.342 e. The molecule has 0 spiro atoms. The molecule has 2 aromatic carbocycles. The van der Waals surface area contributed by atoms with Crippen molar-refractivity contribution in [3.8, 4) is 0 Å². The zero-order valence-corrected chi connectivity index (χ0v) is 14.1. The maximum absolute atomic E-state index is 6.49. The lowest BCUT2D eigenvalue weighted by Crippen LogP contribution is -2.43. The summed E-state index contributed by atoms with van der Waals surface area (Å²) >= 11 is 6.49. The Morgan fingerprint density at radius 1 is 1.09 bits per heavy atom. The quantitative estimate of drug-likeness (QED) is 0.843. The molecule has 0 saturated carbocycles. The van der Waals surface area contributed by atoms with Gasteiger partial charge in [-0.15, -0.1) is 0 Å². The van der Waals surface area contributed by atoms with Gasteiger partial charge in [0.25, 0.3) is 0 Å². The van der Waals surface area contributed by atoms with E-state index >= 15 is 0 Å². The number of halogens is 1. The van der Waals surface area contributed by atoms with E-state index in [9.17, 15) is 0 Å². The molecule has 1 atom stereocenters. The topological polar surface area (TPSA) is 18.8 Å². The summed E-state index contributed by atoms with van der Waals surface area (Å²) in [6.45, 7) is 0.854. The van der Waals surface area contributed by atoms with E-state index in [-0.39, 0.29) is 6.04 Å². The van der Waals surface area contributed by atoms with Gasteiger partial charge in [-0.2, -0.15) is 0 Å². The van der Waals surface area contributed by atoms with E-state index in [4.69, 9.17) is 11.6 Å². The standard InChI is InChI=1S/C19H20ClN3/c1-22-14-8-13-21-19(22)23(2)18(15-9-4-3-5-10-15)16-11-6-7-12-17(16)20/h3-13,18H,14H2,1-2H3. The molecule has 2 aromatic rings. The molecule has 0 bridgehead atoms. The van der Waals surface area contributed by atoms with Crippen molar-refractivity contribution in [1.29, 1.82) is 0 Å². The maximum atomic E-state index is 6.49. The fourth-order valence-electron chi connectivity index (χ4n) is 2.92. The first-order valence-electron chi connectivity index (χ1n) is 7.64. The van der Waals surface area contributed by atoms with E-state index in [1.165, 1.54) is 5.56 Å². The van der Waals surface area contributed by atoms with E-state index in [1.807, 2.05) is 43.6 Å². The van der Waals surface area contributed by atoms with Crippen molar-refractivity contribution in [3.05, 3.63) is 83.0 Å². The zero-order valence-electron chi connectivity index (χ0n) is 13.4. The molecule has 23 heavy (non-hydrogen) atoms. The predicted octanol–water partition coefficient (Wildman–Crippen LogP) is 4.18. The van der Waals surface area contributed by atoms with Crippen LogP contribution in [0.4, 0.5) is 0 Å². The van der Waals surface area contributed by atoms with Crippen molar-refractivity contribution in [1.82, 2.24) is 9.80 Å². The highest BCUT2D eigenvalue weighted by atomic mass is 35.5. The first-order valence-corrected chi connectivity index (χ1v) is 8.02. The highest BCUT2D eigenvalue weighted by molar-refractivity contribution is 6.31. The van der Waals surface area contributed by atoms with Crippen molar-refractivity contribution in [2.24, 2.45) is 4.99 Å². The summed E-state index contributed by atoms with van der Waals surface area (Å²) in [5.74, 6) is 0.932. The van der Waals surface area contributed by atoms with Crippen LogP contribution in [0.25, 0.3) is 0 Å². The number of hydrogen-bond donors (Lipinski definition) is 0. The molecule has 0 saturated heterocycles. The molecule has 0 amide bonds. The largest absolute Gasteiger partial charge is 0.342 e. The second-order valence-corrected chi connectivity index (χ2v) is 6.05. The number of nitrogens with zero attached hydrogens (tertiary/aromatic N) is 3. The van der Waals surface area contributed by atoms with Gasteiger partial charge in [0.15, 0.2) is 0 Å². The monoisotopic (exact) mass is 325 g/mol. The molecule has 1 unspecified atom stereocenters. The first-order chi connectivity index (χ1) is 11.2. The Balaban J connectivity index is 2.07. The number of aliphatic imine (C=N–C) groups is 1. The molecule has 0 fully saturated rings. The Labute approximate surface area is 142 Å². The number of hydrogen-bond acceptors (Lipinski definition) is 3. The lowest BCUT2D eigenvalue weighted by molar-refractivity contribution is 0.358. The Hall–Kier alpha value is -2.26. The lowest BCUT2D eigenvalue weighted by atomic mass is 9.97. The Morgan fingerprint density at radius 2 is 1.78 bits per heavy atom. The number of rotatable bonds is 3. The molecular weight excluding hydrogens is 306 g/mol. The van der Waals surface area contributed by atoms with E-state index in [2.05, 4.69) is 52.2 Å². The number of benzene rings is 2. The van der Waals surface area contributed by atoms with Gasteiger partial charge in [-0.25, -0.2) is 4.99 Å². The Morgan fingerprint density at radius 3 is 2.48 bits per heavy atom. The van der Waals surface area contributed by atoms with E-state index in [1.54, 1.807) is 0 Å². The summed E-state index contributed by atoms with van der Waals surface area (Å²) < 4.78 is 0. The van der Waals surface area contributed by atoms with Gasteiger partial charge < -0.3 is 9.80 Å². The van der Waals surface area contributed by atoms with Crippen molar-refractivity contribution in [2.45, 2.75) is 6.04 Å². The van der Waals surface area contributed by atoms with E-state index < -0.39 is 0 Å². The second kappa shape index (κ2) is 6.88. The van der Waals surface area contributed by atoms with Crippen LogP contribution in [0.5, 0.6) is 0 Å². The fourth-order valence-corrected chi connectivity index (χ4v) is 3.16. The SMILES string of the molecule is CN1CC=CN=C1N(C)C(c1ccccc1)c1ccccc1Cl. The summed E-state index contributed by atoms with van der Waals surface area (Å²) in [5, 5.41) is 0.766. The molecule has 4 heteroatoms. The minimum atomic E-state index is 0.0117. The molecule has 0 N–H and O–H groups in total. The predicted molar refractivity (Wildman–Crippen MR) is 96.7 cm³/mol. The lowest BCUT2D eigenvalue weighted by Gasteiger charge is -2.36. The van der Waals surface area contributed by atoms with Crippen LogP contribution >= 0.6 is 11.6 Å². The number of likely N-dealkylation sites (N-methyl/N-ethyl adjacent to an activating group) is 1. The van der Waals surface area contributed by atoms with Crippen LogP contribution in [-0.2, 0) is 0 Å². The summed E-state index contributed by atoms with van der Waals surface area (Å²) in [7, 11) is 4.11. The Bertz CT molecular complexity index is 724. The fraction of sp³-hybridized carbons (Fsp3) is 0.211. The molecule has 1 heterocycles. The average molecular weight is 326 g/mol. The van der Waals surface area contributed by atoms with Crippen molar-refractivity contribution in [3.63, 3.8) is 0 Å². The third kappa shape index (κ3) is 3.25. The van der Waals surface area contributed by atoms with Gasteiger partial charge in [-0.1, -0.05) is 60.1 Å². The molecule has 0 radical (unpaired) electrons. The third-order valence-corrected chi connectivity index (χ3v) is 4.38. The van der Waals surface area contributed by atoms with Gasteiger partial charge in [0, 0.05) is 31.9 Å². The molecule has 1 aliphatic rings. The van der Waals surface area contributed by atoms with Gasteiger partial charge in [-0.3, -0.25) is 0 Å². The second-order valence-electron chi connectivity index (χ2n) is 5.64. The summed E-state index contributed by atoms with van der Waals surface area (Å²) in [6.07, 6.45) is 3.91. The van der Waals surface area contributed by atoms with Crippen LogP contribution in [0.1, 0.15) is 17.2 Å². The molecule has 3 nitrogen and oxygen atoms in total. The highest BCUT2D eigenvalue weighted by Gasteiger charge is 2.26. The third-order valence-electron chi connectivity index (χ3n) is 4.03. The molecule has 0 aliphatic carbocycles. The van der Waals surface area contributed by atoms with Gasteiger partial charge in [0.1, 0.15) is 0 Å². The van der Waals surface area contributed by atoms with Crippen molar-refractivity contribution in [2.75, 3.05) is 20.6 Å².